The van der Waals surface area contributed by atoms with Gasteiger partial charge in [0.25, 0.3) is 15.9 Å². The third-order valence-corrected chi connectivity index (χ3v) is 7.80. The summed E-state index contributed by atoms with van der Waals surface area (Å²) in [4.78, 5) is 20.5. The lowest BCUT2D eigenvalue weighted by atomic mass is 9.98. The normalized spacial score (nSPS) is 11.7. The fourth-order valence-corrected chi connectivity index (χ4v) is 5.59. The quantitative estimate of drug-likeness (QED) is 0.245. The van der Waals surface area contributed by atoms with Crippen molar-refractivity contribution in [1.29, 1.82) is 0 Å². The first-order valence-corrected chi connectivity index (χ1v) is 12.6. The number of benzene rings is 2. The zero-order valence-electron chi connectivity index (χ0n) is 19.2. The van der Waals surface area contributed by atoms with Gasteiger partial charge in [-0.25, -0.2) is 9.45 Å². The van der Waals surface area contributed by atoms with Gasteiger partial charge in [-0.15, -0.1) is 15.7 Å². The summed E-state index contributed by atoms with van der Waals surface area (Å²) < 4.78 is 43.4. The van der Waals surface area contributed by atoms with Crippen molar-refractivity contribution < 1.29 is 22.4 Å². The first-order valence-electron chi connectivity index (χ1n) is 9.95. The van der Waals surface area contributed by atoms with Crippen LogP contribution in [-0.4, -0.2) is 58.9 Å². The molecule has 34 heavy (non-hydrogen) atoms. The molecule has 3 rings (SSSR count). The van der Waals surface area contributed by atoms with E-state index in [0.717, 1.165) is 16.4 Å². The molecular formula is C23H23ClFN3O4S2. The van der Waals surface area contributed by atoms with Gasteiger partial charge in [0.15, 0.2) is 0 Å². The molecular weight excluding hydrogens is 501 g/mol. The van der Waals surface area contributed by atoms with Gasteiger partial charge in [-0.3, -0.25) is 9.63 Å². The minimum atomic E-state index is -3.89. The highest BCUT2D eigenvalue weighted by molar-refractivity contribution is 7.90. The molecule has 1 heterocycles. The Morgan fingerprint density at radius 1 is 1.15 bits per heavy atom. The number of carbonyl (C=O) groups excluding carboxylic acids is 1. The standard InChI is InChI=1S/C23H23ClFN3O4S2/c1-14-19(15-9-11-16(12-10-15)34(30,31)26-13-27(2)3)22(23(29)28(4)32-5)33-21(14)17-7-6-8-18(24)20(17)25/h6-13H,1-5H3. The zero-order chi connectivity index (χ0) is 25.2. The van der Waals surface area contributed by atoms with Gasteiger partial charge in [0.05, 0.1) is 17.0 Å². The van der Waals surface area contributed by atoms with Crippen LogP contribution in [0.2, 0.25) is 5.02 Å². The van der Waals surface area contributed by atoms with Gasteiger partial charge < -0.3 is 4.90 Å². The van der Waals surface area contributed by atoms with E-state index in [1.807, 2.05) is 0 Å². The lowest BCUT2D eigenvalue weighted by Crippen LogP contribution is -2.25. The first-order chi connectivity index (χ1) is 16.0. The number of nitrogens with zero attached hydrogens (tertiary/aromatic N) is 3. The Hall–Kier alpha value is -2.79. The van der Waals surface area contributed by atoms with Crippen molar-refractivity contribution in [2.24, 2.45) is 4.40 Å². The molecule has 0 saturated carbocycles. The third kappa shape index (κ3) is 5.15. The summed E-state index contributed by atoms with van der Waals surface area (Å²) in [5.41, 5.74) is 2.06. The summed E-state index contributed by atoms with van der Waals surface area (Å²) in [6.07, 6.45) is 1.20. The van der Waals surface area contributed by atoms with Gasteiger partial charge in [0, 0.05) is 37.1 Å². The number of sulfonamides is 1. The van der Waals surface area contributed by atoms with Crippen LogP contribution in [0.4, 0.5) is 4.39 Å². The molecule has 0 N–H and O–H groups in total. The molecule has 0 aliphatic heterocycles. The van der Waals surface area contributed by atoms with Crippen LogP contribution in [0.1, 0.15) is 15.2 Å². The number of halogens is 2. The van der Waals surface area contributed by atoms with E-state index < -0.39 is 21.7 Å². The molecule has 3 aromatic rings. The van der Waals surface area contributed by atoms with E-state index in [9.17, 15) is 17.6 Å². The molecule has 0 radical (unpaired) electrons. The summed E-state index contributed by atoms with van der Waals surface area (Å²) in [7, 11) is 2.28. The second kappa shape index (κ2) is 10.2. The Balaban J connectivity index is 2.18. The van der Waals surface area contributed by atoms with Gasteiger partial charge >= 0.3 is 0 Å². The maximum atomic E-state index is 14.8. The number of amides is 1. The number of thiophene rings is 1. The fraction of sp³-hybridized carbons (Fsp3) is 0.217. The highest BCUT2D eigenvalue weighted by Gasteiger charge is 2.26. The van der Waals surface area contributed by atoms with E-state index in [4.69, 9.17) is 16.4 Å². The topological polar surface area (TPSA) is 79.3 Å². The molecule has 0 atom stereocenters. The zero-order valence-corrected chi connectivity index (χ0v) is 21.6. The molecule has 0 fully saturated rings. The van der Waals surface area contributed by atoms with Gasteiger partial charge in [-0.05, 0) is 36.2 Å². The van der Waals surface area contributed by atoms with Crippen LogP contribution in [0, 0.1) is 12.7 Å². The molecule has 11 heteroatoms. The molecule has 0 bridgehead atoms. The number of rotatable bonds is 7. The molecule has 0 aliphatic carbocycles. The highest BCUT2D eigenvalue weighted by atomic mass is 35.5. The molecule has 2 aromatic carbocycles. The minimum absolute atomic E-state index is 0.00484. The van der Waals surface area contributed by atoms with Crippen LogP contribution >= 0.6 is 22.9 Å². The second-order valence-corrected chi connectivity index (χ2v) is 10.6. The van der Waals surface area contributed by atoms with E-state index >= 15 is 0 Å². The molecule has 1 aromatic heterocycles. The SMILES string of the molecule is CON(C)C(=O)c1sc(-c2cccc(Cl)c2F)c(C)c1-c1ccc(S(=O)(=O)N=CN(C)C)cc1. The van der Waals surface area contributed by atoms with Gasteiger partial charge in [0.2, 0.25) is 0 Å². The number of hydroxylamine groups is 2. The smallest absolute Gasteiger partial charge is 0.287 e. The number of hydrogen-bond donors (Lipinski definition) is 0. The lowest BCUT2D eigenvalue weighted by Gasteiger charge is -2.14. The van der Waals surface area contributed by atoms with E-state index in [1.54, 1.807) is 45.3 Å². The summed E-state index contributed by atoms with van der Waals surface area (Å²) in [5.74, 6) is -1.01. The summed E-state index contributed by atoms with van der Waals surface area (Å²) in [5, 5.41) is 1.04. The van der Waals surface area contributed by atoms with Crippen LogP contribution in [-0.2, 0) is 14.9 Å². The van der Waals surface area contributed by atoms with E-state index in [-0.39, 0.29) is 15.5 Å². The van der Waals surface area contributed by atoms with Crippen LogP contribution in [0.3, 0.4) is 0 Å². The van der Waals surface area contributed by atoms with Crippen LogP contribution < -0.4 is 0 Å². The fourth-order valence-electron chi connectivity index (χ4n) is 3.18. The van der Waals surface area contributed by atoms with Crippen molar-refractivity contribution in [2.75, 3.05) is 28.3 Å². The number of carbonyl (C=O) groups is 1. The third-order valence-electron chi connectivity index (χ3n) is 4.95. The second-order valence-electron chi connectivity index (χ2n) is 7.53. The summed E-state index contributed by atoms with van der Waals surface area (Å²) in [6.45, 7) is 1.77. The Labute approximate surface area is 207 Å². The Morgan fingerprint density at radius 2 is 1.79 bits per heavy atom. The van der Waals surface area contributed by atoms with E-state index in [2.05, 4.69) is 4.40 Å². The van der Waals surface area contributed by atoms with Crippen molar-refractivity contribution in [2.45, 2.75) is 11.8 Å². The molecule has 0 saturated heterocycles. The Kier molecular flexibility index (Phi) is 7.77. The maximum Gasteiger partial charge on any atom is 0.287 e. The molecule has 0 spiro atoms. The molecule has 180 valence electrons. The van der Waals surface area contributed by atoms with Gasteiger partial charge in [0.1, 0.15) is 17.0 Å². The van der Waals surface area contributed by atoms with E-state index in [1.165, 1.54) is 43.6 Å². The van der Waals surface area contributed by atoms with Crippen LogP contribution in [0.15, 0.2) is 51.8 Å². The largest absolute Gasteiger partial charge is 0.368 e. The van der Waals surface area contributed by atoms with Crippen molar-refractivity contribution in [3.05, 3.63) is 63.7 Å². The van der Waals surface area contributed by atoms with Crippen molar-refractivity contribution in [1.82, 2.24) is 9.96 Å². The van der Waals surface area contributed by atoms with Crippen molar-refractivity contribution in [3.63, 3.8) is 0 Å². The van der Waals surface area contributed by atoms with Crippen LogP contribution in [0.5, 0.6) is 0 Å². The molecule has 7 nitrogen and oxygen atoms in total. The Bertz CT molecular complexity index is 1350. The molecule has 1 amide bonds. The average molecular weight is 524 g/mol. The highest BCUT2D eigenvalue weighted by Crippen LogP contribution is 2.44. The lowest BCUT2D eigenvalue weighted by molar-refractivity contribution is -0.0753. The van der Waals surface area contributed by atoms with Gasteiger partial charge in [-0.1, -0.05) is 35.9 Å². The minimum Gasteiger partial charge on any atom is -0.368 e. The molecule has 0 unspecified atom stereocenters. The first kappa shape index (κ1) is 25.8. The van der Waals surface area contributed by atoms with Crippen molar-refractivity contribution >= 4 is 45.2 Å². The van der Waals surface area contributed by atoms with Crippen LogP contribution in [0.25, 0.3) is 21.6 Å². The molecule has 0 aliphatic rings. The summed E-state index contributed by atoms with van der Waals surface area (Å²) in [6, 6.07) is 10.7. The average Bonchev–Trinajstić information content (AvgIpc) is 3.15. The predicted molar refractivity (Wildman–Crippen MR) is 133 cm³/mol. The van der Waals surface area contributed by atoms with Crippen molar-refractivity contribution in [3.8, 4) is 21.6 Å². The number of hydrogen-bond acceptors (Lipinski definition) is 5. The monoisotopic (exact) mass is 523 g/mol. The van der Waals surface area contributed by atoms with Gasteiger partial charge in [-0.2, -0.15) is 8.42 Å². The maximum absolute atomic E-state index is 14.8. The Morgan fingerprint density at radius 3 is 2.38 bits per heavy atom. The predicted octanol–water partition coefficient (Wildman–Crippen LogP) is 5.10. The van der Waals surface area contributed by atoms with E-state index in [0.29, 0.717) is 26.4 Å². The summed E-state index contributed by atoms with van der Waals surface area (Å²) >= 11 is 7.10.